The van der Waals surface area contributed by atoms with Gasteiger partial charge in [-0.1, -0.05) is 0 Å². The van der Waals surface area contributed by atoms with Crippen molar-refractivity contribution in [2.45, 2.75) is 72.7 Å². The molecule has 2 aliphatic rings. The molecular formula is C28H36Cl2SiZr. The minimum Gasteiger partial charge on any atom is -1.00 e. The topological polar surface area (TPSA) is 0 Å². The number of unbranched alkanes of at least 4 members (excludes halogenated alkanes) is 2. The molecule has 4 rings (SSSR count). The van der Waals surface area contributed by atoms with Crippen LogP contribution in [0.5, 0.6) is 0 Å². The van der Waals surface area contributed by atoms with E-state index in [1.165, 1.54) is 49.7 Å². The van der Waals surface area contributed by atoms with Crippen molar-refractivity contribution in [1.82, 2.24) is 0 Å². The van der Waals surface area contributed by atoms with Crippen molar-refractivity contribution in [3.05, 3.63) is 81.9 Å². The Bertz CT molecular complexity index is 942. The zero-order valence-corrected chi connectivity index (χ0v) is 24.9. The molecule has 0 radical (unpaired) electrons. The van der Waals surface area contributed by atoms with Gasteiger partial charge in [0.1, 0.15) is 0 Å². The molecular weight excluding hydrogens is 527 g/mol. The third kappa shape index (κ3) is 5.63. The van der Waals surface area contributed by atoms with Crippen molar-refractivity contribution in [2.24, 2.45) is 0 Å². The molecule has 0 aromatic heterocycles. The molecule has 0 N–H and O–H groups in total. The Labute approximate surface area is 216 Å². The van der Waals surface area contributed by atoms with Gasteiger partial charge in [-0.2, -0.15) is 0 Å². The predicted molar refractivity (Wildman–Crippen MR) is 131 cm³/mol. The van der Waals surface area contributed by atoms with Crippen LogP contribution in [0.2, 0.25) is 13.1 Å². The van der Waals surface area contributed by atoms with Crippen LogP contribution in [0.4, 0.5) is 0 Å². The fraction of sp³-hybridized carbons (Fsp3) is 0.429. The van der Waals surface area contributed by atoms with Crippen molar-refractivity contribution >= 4 is 17.6 Å². The normalized spacial score (nSPS) is 17.7. The molecule has 0 saturated carbocycles. The summed E-state index contributed by atoms with van der Waals surface area (Å²) in [4.78, 5) is 0. The third-order valence-electron chi connectivity index (χ3n) is 6.87. The molecule has 4 heteroatoms. The van der Waals surface area contributed by atoms with Crippen molar-refractivity contribution in [3.63, 3.8) is 0 Å². The summed E-state index contributed by atoms with van der Waals surface area (Å²) in [6.07, 6.45) is 13.1. The molecule has 0 fully saturated rings. The molecule has 0 saturated heterocycles. The Morgan fingerprint density at radius 2 is 1.09 bits per heavy atom. The molecule has 0 amide bonds. The molecule has 0 bridgehead atoms. The summed E-state index contributed by atoms with van der Waals surface area (Å²) < 4.78 is 1.58. The molecule has 0 aliphatic heterocycles. The van der Waals surface area contributed by atoms with E-state index in [0.717, 1.165) is 7.25 Å². The van der Waals surface area contributed by atoms with Gasteiger partial charge in [0, 0.05) is 0 Å². The van der Waals surface area contributed by atoms with Gasteiger partial charge >= 0.3 is 193 Å². The van der Waals surface area contributed by atoms with Crippen LogP contribution in [-0.4, -0.2) is 5.43 Å². The fourth-order valence-corrected chi connectivity index (χ4v) is 26.0. The van der Waals surface area contributed by atoms with Crippen LogP contribution >= 0.6 is 0 Å². The quantitative estimate of drug-likeness (QED) is 0.434. The van der Waals surface area contributed by atoms with Crippen molar-refractivity contribution < 1.29 is 45.2 Å². The minimum atomic E-state index is -1.89. The summed E-state index contributed by atoms with van der Waals surface area (Å²) in [6, 6.07) is 18.7. The summed E-state index contributed by atoms with van der Waals surface area (Å²) in [7, 11) is 0. The zero-order chi connectivity index (χ0) is 21.1. The minimum absolute atomic E-state index is 0. The van der Waals surface area contributed by atoms with E-state index in [2.05, 4.69) is 87.6 Å². The Balaban J connectivity index is 0.00000181. The molecule has 2 aromatic rings. The van der Waals surface area contributed by atoms with E-state index >= 15 is 0 Å². The number of hydrogen-bond donors (Lipinski definition) is 0. The maximum absolute atomic E-state index is 2.65. The van der Waals surface area contributed by atoms with Gasteiger partial charge < -0.3 is 24.8 Å². The second kappa shape index (κ2) is 12.9. The summed E-state index contributed by atoms with van der Waals surface area (Å²) in [5.74, 6) is 0. The van der Waals surface area contributed by atoms with E-state index < -0.39 is 20.4 Å². The third-order valence-corrected chi connectivity index (χ3v) is 26.4. The first-order chi connectivity index (χ1) is 14.7. The van der Waals surface area contributed by atoms with Crippen molar-refractivity contribution in [2.75, 3.05) is 0 Å². The van der Waals surface area contributed by atoms with Crippen LogP contribution in [-0.2, 0) is 20.4 Å². The molecule has 32 heavy (non-hydrogen) atoms. The predicted octanol–water partition coefficient (Wildman–Crippen LogP) is 2.52. The number of rotatable bonds is 8. The Hall–Kier alpha value is -0.400. The van der Waals surface area contributed by atoms with E-state index in [1.54, 1.807) is 22.3 Å². The van der Waals surface area contributed by atoms with Gasteiger partial charge in [-0.05, 0) is 0 Å². The van der Waals surface area contributed by atoms with Crippen LogP contribution in [0.1, 0.15) is 81.9 Å². The standard InChI is InChI=1S/2C13H15.C2H6Si.2ClH.Zr/c2*1-2-3-6-11-9-12-7-4-5-8-13(12)10-11;1-3-2;;;/h2*4-5,7-10H,2-3,6H2,1H3;1-2H3;2*1H;/q;;;;;+2/p-2. The van der Waals surface area contributed by atoms with Gasteiger partial charge in [-0.15, -0.1) is 0 Å². The average Bonchev–Trinajstić information content (AvgIpc) is 3.30. The Morgan fingerprint density at radius 3 is 1.47 bits per heavy atom. The maximum atomic E-state index is 2.65. The van der Waals surface area contributed by atoms with E-state index in [-0.39, 0.29) is 30.2 Å². The Kier molecular flexibility index (Phi) is 11.2. The van der Waals surface area contributed by atoms with E-state index in [0.29, 0.717) is 0 Å². The number of hydrogen-bond acceptors (Lipinski definition) is 0. The number of fused-ring (bicyclic) bond motifs is 2. The average molecular weight is 563 g/mol. The zero-order valence-electron chi connectivity index (χ0n) is 19.9. The summed E-state index contributed by atoms with van der Waals surface area (Å²) in [6.45, 7) is 9.97. The smallest absolute Gasteiger partial charge is 1.00 e. The first-order valence-corrected chi connectivity index (χ1v) is 20.9. The second-order valence-electron chi connectivity index (χ2n) is 9.22. The van der Waals surface area contributed by atoms with E-state index in [1.807, 2.05) is 0 Å². The largest absolute Gasteiger partial charge is 1.00 e. The van der Waals surface area contributed by atoms with Crippen LogP contribution < -0.4 is 24.8 Å². The summed E-state index contributed by atoms with van der Waals surface area (Å²) in [5, 5.41) is 0. The number of benzene rings is 2. The maximum Gasteiger partial charge on any atom is -1.00 e. The van der Waals surface area contributed by atoms with Crippen LogP contribution in [0.15, 0.2) is 59.7 Å². The first-order valence-electron chi connectivity index (χ1n) is 11.9. The van der Waals surface area contributed by atoms with Crippen LogP contribution in [0.25, 0.3) is 12.2 Å². The monoisotopic (exact) mass is 560 g/mol. The van der Waals surface area contributed by atoms with Gasteiger partial charge in [0.25, 0.3) is 0 Å². The molecule has 2 aromatic carbocycles. The molecule has 170 valence electrons. The van der Waals surface area contributed by atoms with Crippen LogP contribution in [0.3, 0.4) is 0 Å². The number of halogens is 2. The molecule has 2 aliphatic carbocycles. The summed E-state index contributed by atoms with van der Waals surface area (Å²) in [5.41, 5.74) is 9.68. The first kappa shape index (κ1) is 27.8. The summed E-state index contributed by atoms with van der Waals surface area (Å²) >= 11 is -1.89. The van der Waals surface area contributed by atoms with E-state index in [9.17, 15) is 0 Å². The van der Waals surface area contributed by atoms with Gasteiger partial charge in [-0.25, -0.2) is 0 Å². The van der Waals surface area contributed by atoms with Gasteiger partial charge in [0.2, 0.25) is 0 Å². The molecule has 0 spiro atoms. The Morgan fingerprint density at radius 1 is 0.688 bits per heavy atom. The fourth-order valence-electron chi connectivity index (χ4n) is 5.45. The molecule has 2 unspecified atom stereocenters. The van der Waals surface area contributed by atoms with Crippen molar-refractivity contribution in [1.29, 1.82) is 0 Å². The molecule has 0 nitrogen and oxygen atoms in total. The van der Waals surface area contributed by atoms with Gasteiger partial charge in [0.05, 0.1) is 0 Å². The van der Waals surface area contributed by atoms with Gasteiger partial charge in [-0.3, -0.25) is 0 Å². The van der Waals surface area contributed by atoms with Gasteiger partial charge in [0.15, 0.2) is 0 Å². The second-order valence-corrected chi connectivity index (χ2v) is 27.1. The molecule has 0 heterocycles. The van der Waals surface area contributed by atoms with E-state index in [4.69, 9.17) is 0 Å². The van der Waals surface area contributed by atoms with Crippen molar-refractivity contribution in [3.8, 4) is 0 Å². The molecule has 2 atom stereocenters. The SMILES string of the molecule is CCCCC1=Cc2ccccc2[CH]1[Zr+2]([CH]1C(CCCC)=Cc2ccccc21)=[Si](C)C.[Cl-].[Cl-]. The van der Waals surface area contributed by atoms with Crippen LogP contribution in [0, 0.1) is 0 Å². The number of allylic oxidation sites excluding steroid dienone is 2.